The van der Waals surface area contributed by atoms with Gasteiger partial charge in [-0.1, -0.05) is 18.2 Å². The molecule has 1 aliphatic carbocycles. The maximum Gasteiger partial charge on any atom is 0.232 e. The molecule has 0 spiro atoms. The zero-order valence-electron chi connectivity index (χ0n) is 21.6. The van der Waals surface area contributed by atoms with E-state index in [2.05, 4.69) is 15.3 Å². The fourth-order valence-electron chi connectivity index (χ4n) is 5.65. The van der Waals surface area contributed by atoms with Crippen molar-refractivity contribution in [3.63, 3.8) is 0 Å². The summed E-state index contributed by atoms with van der Waals surface area (Å²) in [6.07, 6.45) is 5.05. The largest absolute Gasteiger partial charge is 0.487 e. The zero-order valence-corrected chi connectivity index (χ0v) is 21.6. The molecular formula is C28H35N5O3. The number of nitrogens with zero attached hydrogens (tertiary/aromatic N) is 3. The molecule has 1 saturated carbocycles. The van der Waals surface area contributed by atoms with Crippen LogP contribution in [-0.4, -0.2) is 38.8 Å². The number of guanidine groups is 1. The Morgan fingerprint density at radius 1 is 1.25 bits per heavy atom. The maximum atomic E-state index is 13.5. The van der Waals surface area contributed by atoms with Gasteiger partial charge in [0.25, 0.3) is 0 Å². The van der Waals surface area contributed by atoms with Crippen LogP contribution < -0.4 is 15.8 Å². The second-order valence-electron chi connectivity index (χ2n) is 11.6. The molecule has 2 amide bonds. The van der Waals surface area contributed by atoms with Gasteiger partial charge >= 0.3 is 0 Å². The van der Waals surface area contributed by atoms with Crippen molar-refractivity contribution in [3.05, 3.63) is 59.4 Å². The molecule has 0 saturated heterocycles. The number of aryl methyl sites for hydroxylation is 1. The van der Waals surface area contributed by atoms with Crippen LogP contribution in [0.1, 0.15) is 75.7 Å². The number of carbonyl (C=O) groups is 2. The molecule has 1 fully saturated rings. The van der Waals surface area contributed by atoms with E-state index >= 15 is 0 Å². The fourth-order valence-corrected chi connectivity index (χ4v) is 5.65. The number of aliphatic imine (C=N–C) groups is 1. The molecule has 2 aliphatic heterocycles. The van der Waals surface area contributed by atoms with Crippen LogP contribution in [0.4, 0.5) is 0 Å². The van der Waals surface area contributed by atoms with Crippen molar-refractivity contribution in [2.24, 2.45) is 22.6 Å². The highest BCUT2D eigenvalue weighted by atomic mass is 16.5. The summed E-state index contributed by atoms with van der Waals surface area (Å²) < 4.78 is 6.20. The second kappa shape index (κ2) is 8.61. The first-order chi connectivity index (χ1) is 16.9. The van der Waals surface area contributed by atoms with Crippen LogP contribution in [0.15, 0.2) is 47.7 Å². The third-order valence-electron chi connectivity index (χ3n) is 7.35. The maximum absolute atomic E-state index is 13.5. The number of hydrogen-bond donors (Lipinski definition) is 2. The lowest BCUT2D eigenvalue weighted by molar-refractivity contribution is -0.132. The van der Waals surface area contributed by atoms with Gasteiger partial charge in [-0.05, 0) is 70.2 Å². The molecule has 5 rings (SSSR count). The van der Waals surface area contributed by atoms with E-state index in [4.69, 9.17) is 10.5 Å². The van der Waals surface area contributed by atoms with Crippen LogP contribution in [0.5, 0.6) is 5.75 Å². The predicted octanol–water partition coefficient (Wildman–Crippen LogP) is 3.81. The normalized spacial score (nSPS) is 26.8. The number of ether oxygens (including phenoxy) is 1. The van der Waals surface area contributed by atoms with E-state index in [0.29, 0.717) is 12.8 Å². The predicted molar refractivity (Wildman–Crippen MR) is 137 cm³/mol. The van der Waals surface area contributed by atoms with Crippen molar-refractivity contribution in [3.8, 4) is 5.75 Å². The average molecular weight is 490 g/mol. The Balaban J connectivity index is 1.39. The quantitative estimate of drug-likeness (QED) is 0.664. The summed E-state index contributed by atoms with van der Waals surface area (Å²) >= 11 is 0. The fraction of sp³-hybridized carbons (Fsp3) is 0.500. The molecule has 1 aromatic carbocycles. The molecule has 3 aliphatic rings. The third kappa shape index (κ3) is 4.68. The molecule has 4 atom stereocenters. The Kier molecular flexibility index (Phi) is 5.80. The first kappa shape index (κ1) is 24.3. The summed E-state index contributed by atoms with van der Waals surface area (Å²) in [6, 6.07) is 9.36. The molecular weight excluding hydrogens is 454 g/mol. The smallest absolute Gasteiger partial charge is 0.232 e. The molecule has 3 N–H and O–H groups in total. The summed E-state index contributed by atoms with van der Waals surface area (Å²) in [5.74, 6) is 0.629. The molecule has 8 heteroatoms. The number of pyridine rings is 1. The Labute approximate surface area is 212 Å². The minimum Gasteiger partial charge on any atom is -0.487 e. The number of carbonyl (C=O) groups excluding carboxylic acids is 2. The van der Waals surface area contributed by atoms with Crippen LogP contribution in [0.3, 0.4) is 0 Å². The third-order valence-corrected chi connectivity index (χ3v) is 7.35. The van der Waals surface area contributed by atoms with E-state index in [1.165, 1.54) is 0 Å². The average Bonchev–Trinajstić information content (AvgIpc) is 3.55. The minimum atomic E-state index is -0.543. The Morgan fingerprint density at radius 3 is 2.72 bits per heavy atom. The van der Waals surface area contributed by atoms with Gasteiger partial charge in [-0.3, -0.25) is 19.5 Å². The lowest BCUT2D eigenvalue weighted by Gasteiger charge is -2.39. The van der Waals surface area contributed by atoms with Crippen LogP contribution in [0.2, 0.25) is 0 Å². The topological polar surface area (TPSA) is 110 Å². The molecule has 1 aromatic heterocycles. The van der Waals surface area contributed by atoms with E-state index < -0.39 is 11.1 Å². The van der Waals surface area contributed by atoms with Crippen molar-refractivity contribution in [2.75, 3.05) is 0 Å². The number of benzene rings is 1. The lowest BCUT2D eigenvalue weighted by Crippen LogP contribution is -2.52. The van der Waals surface area contributed by atoms with Gasteiger partial charge in [0, 0.05) is 30.3 Å². The van der Waals surface area contributed by atoms with E-state index in [-0.39, 0.29) is 48.1 Å². The van der Waals surface area contributed by atoms with E-state index in [0.717, 1.165) is 22.4 Å². The van der Waals surface area contributed by atoms with Gasteiger partial charge in [-0.15, -0.1) is 0 Å². The second-order valence-corrected chi connectivity index (χ2v) is 11.6. The first-order valence-electron chi connectivity index (χ1n) is 12.6. The summed E-state index contributed by atoms with van der Waals surface area (Å²) in [5, 5.41) is 3.29. The number of rotatable bonds is 5. The molecule has 190 valence electrons. The highest BCUT2D eigenvalue weighted by Gasteiger charge is 2.53. The van der Waals surface area contributed by atoms with Gasteiger partial charge < -0.3 is 15.8 Å². The molecule has 2 aromatic rings. The van der Waals surface area contributed by atoms with Crippen molar-refractivity contribution in [1.29, 1.82) is 0 Å². The molecule has 3 heterocycles. The Hall–Kier alpha value is -3.42. The lowest BCUT2D eigenvalue weighted by atomic mass is 9.89. The molecule has 8 nitrogen and oxygen atoms in total. The Morgan fingerprint density at radius 2 is 2.03 bits per heavy atom. The molecule has 36 heavy (non-hydrogen) atoms. The number of fused-ring (bicyclic) bond motifs is 1. The highest BCUT2D eigenvalue weighted by Crippen LogP contribution is 2.51. The minimum absolute atomic E-state index is 0.0107. The SMILES string of the molecule is Cc1ccc2c(c1)OC(C)(C)C[C@H]2NC(=O)[C@H]1C[C@@H]1[C@@H](c1cccnc1)N1C(=O)CC(C)(C)N=C1N. The van der Waals surface area contributed by atoms with E-state index in [9.17, 15) is 9.59 Å². The summed E-state index contributed by atoms with van der Waals surface area (Å²) in [4.78, 5) is 37.2. The number of aromatic nitrogens is 1. The molecule has 0 bridgehead atoms. The van der Waals surface area contributed by atoms with Crippen LogP contribution in [0.25, 0.3) is 0 Å². The van der Waals surface area contributed by atoms with Crippen molar-refractivity contribution in [1.82, 2.24) is 15.2 Å². The van der Waals surface area contributed by atoms with Crippen LogP contribution >= 0.6 is 0 Å². The first-order valence-corrected chi connectivity index (χ1v) is 12.6. The molecule has 0 unspecified atom stereocenters. The van der Waals surface area contributed by atoms with Gasteiger partial charge in [0.1, 0.15) is 11.4 Å². The molecule has 0 radical (unpaired) electrons. The van der Waals surface area contributed by atoms with Gasteiger partial charge in [-0.25, -0.2) is 4.99 Å². The van der Waals surface area contributed by atoms with Gasteiger partial charge in [-0.2, -0.15) is 0 Å². The number of hydrogen-bond acceptors (Lipinski definition) is 6. The standard InChI is InChI=1S/C28H35N5O3/c1-16-8-9-18-21(13-28(4,5)36-22(18)11-16)31-25(35)20-12-19(20)24(17-7-6-10-30-15-17)33-23(34)14-27(2,3)32-26(33)29/h6-11,15,19-21,24H,12-14H2,1-5H3,(H2,29,32)(H,31,35)/t19-,20-,21+,24+/m0/s1. The number of nitrogens with two attached hydrogens (primary N) is 1. The highest BCUT2D eigenvalue weighted by molar-refractivity contribution is 5.99. The van der Waals surface area contributed by atoms with Gasteiger partial charge in [0.2, 0.25) is 11.8 Å². The summed E-state index contributed by atoms with van der Waals surface area (Å²) in [6.45, 7) is 9.92. The number of nitrogens with one attached hydrogen (secondary N) is 1. The van der Waals surface area contributed by atoms with Crippen molar-refractivity contribution in [2.45, 2.75) is 77.1 Å². The Bertz CT molecular complexity index is 1220. The summed E-state index contributed by atoms with van der Waals surface area (Å²) in [5.41, 5.74) is 8.38. The van der Waals surface area contributed by atoms with Crippen molar-refractivity contribution >= 4 is 17.8 Å². The summed E-state index contributed by atoms with van der Waals surface area (Å²) in [7, 11) is 0. The van der Waals surface area contributed by atoms with Gasteiger partial charge in [0.15, 0.2) is 5.96 Å². The van der Waals surface area contributed by atoms with Crippen LogP contribution in [-0.2, 0) is 9.59 Å². The number of amides is 2. The zero-order chi connectivity index (χ0) is 25.8. The monoisotopic (exact) mass is 489 g/mol. The van der Waals surface area contributed by atoms with E-state index in [1.54, 1.807) is 17.3 Å². The van der Waals surface area contributed by atoms with Gasteiger partial charge in [0.05, 0.1) is 24.0 Å². The van der Waals surface area contributed by atoms with Crippen LogP contribution in [0, 0.1) is 18.8 Å². The van der Waals surface area contributed by atoms with Crippen molar-refractivity contribution < 1.29 is 14.3 Å². The van der Waals surface area contributed by atoms with E-state index in [1.807, 2.05) is 65.0 Å².